The van der Waals surface area contributed by atoms with Gasteiger partial charge in [-0.25, -0.2) is 4.68 Å². The molecule has 2 aromatic carbocycles. The van der Waals surface area contributed by atoms with Gasteiger partial charge in [0.2, 0.25) is 6.79 Å². The van der Waals surface area contributed by atoms with Crippen LogP contribution < -0.4 is 20.1 Å². The molecule has 11 heteroatoms. The fraction of sp³-hybridized carbons (Fsp3) is 0.238. The highest BCUT2D eigenvalue weighted by molar-refractivity contribution is 6.30. The van der Waals surface area contributed by atoms with Crippen molar-refractivity contribution in [1.29, 1.82) is 0 Å². The Bertz CT molecular complexity index is 1200. The summed E-state index contributed by atoms with van der Waals surface area (Å²) in [4.78, 5) is 12.6. The molecule has 0 spiro atoms. The summed E-state index contributed by atoms with van der Waals surface area (Å²) in [5, 5.41) is 10.0. The van der Waals surface area contributed by atoms with Crippen molar-refractivity contribution in [1.82, 2.24) is 9.78 Å². The first kappa shape index (κ1) is 20.5. The smallest absolute Gasteiger partial charge is 0.410 e. The standard InChI is InChI=1S/C21H16ClF3N4O3/c22-12-2-1-3-13(7-12)26-20(30)15-9-19-27-14(8-18(21(23,24)25)29(19)28-15)11-4-5-16-17(6-11)32-10-31-16/h1-7,9,14,18,27H,8,10H2,(H,26,30). The Morgan fingerprint density at radius 2 is 1.97 bits per heavy atom. The van der Waals surface area contributed by atoms with E-state index in [9.17, 15) is 18.0 Å². The lowest BCUT2D eigenvalue weighted by Crippen LogP contribution is -2.35. The number of alkyl halides is 3. The van der Waals surface area contributed by atoms with Gasteiger partial charge in [0.05, 0.1) is 6.04 Å². The number of nitrogens with one attached hydrogen (secondary N) is 2. The first-order valence-corrected chi connectivity index (χ1v) is 10.0. The summed E-state index contributed by atoms with van der Waals surface area (Å²) in [7, 11) is 0. The number of nitrogens with zero attached hydrogens (tertiary/aromatic N) is 2. The summed E-state index contributed by atoms with van der Waals surface area (Å²) in [6.45, 7) is 0.0694. The first-order valence-electron chi connectivity index (χ1n) is 9.67. The lowest BCUT2D eigenvalue weighted by atomic mass is 9.96. The monoisotopic (exact) mass is 464 g/mol. The second kappa shape index (κ2) is 7.63. The summed E-state index contributed by atoms with van der Waals surface area (Å²) >= 11 is 5.91. The Hall–Kier alpha value is -3.40. The molecule has 2 aliphatic heterocycles. The normalized spacial score (nSPS) is 19.2. The van der Waals surface area contributed by atoms with Gasteiger partial charge in [-0.2, -0.15) is 18.3 Å². The zero-order valence-corrected chi connectivity index (χ0v) is 17.1. The van der Waals surface area contributed by atoms with E-state index in [0.717, 1.165) is 4.68 Å². The van der Waals surface area contributed by atoms with Crippen molar-refractivity contribution in [3.05, 3.63) is 64.8 Å². The van der Waals surface area contributed by atoms with Crippen LogP contribution in [0.4, 0.5) is 24.7 Å². The van der Waals surface area contributed by atoms with Gasteiger partial charge in [-0.15, -0.1) is 0 Å². The highest BCUT2D eigenvalue weighted by Crippen LogP contribution is 2.45. The minimum Gasteiger partial charge on any atom is -0.454 e. The third-order valence-corrected chi connectivity index (χ3v) is 5.54. The molecule has 2 aliphatic rings. The topological polar surface area (TPSA) is 77.4 Å². The van der Waals surface area contributed by atoms with Crippen molar-refractivity contribution in [2.75, 3.05) is 17.4 Å². The Morgan fingerprint density at radius 3 is 2.75 bits per heavy atom. The van der Waals surface area contributed by atoms with Gasteiger partial charge in [0.1, 0.15) is 5.82 Å². The molecule has 166 valence electrons. The predicted octanol–water partition coefficient (Wildman–Crippen LogP) is 5.18. The summed E-state index contributed by atoms with van der Waals surface area (Å²) in [5.41, 5.74) is 0.876. The van der Waals surface area contributed by atoms with Crippen molar-refractivity contribution in [2.45, 2.75) is 24.7 Å². The van der Waals surface area contributed by atoms with E-state index in [0.29, 0.717) is 27.8 Å². The van der Waals surface area contributed by atoms with E-state index in [2.05, 4.69) is 15.7 Å². The second-order valence-electron chi connectivity index (χ2n) is 7.43. The van der Waals surface area contributed by atoms with E-state index in [1.165, 1.54) is 12.1 Å². The van der Waals surface area contributed by atoms with E-state index in [-0.39, 0.29) is 24.7 Å². The number of benzene rings is 2. The minimum absolute atomic E-state index is 0.0694. The number of carbonyl (C=O) groups is 1. The molecule has 1 aromatic heterocycles. The number of ether oxygens (including phenoxy) is 2. The molecule has 0 radical (unpaired) electrons. The SMILES string of the molecule is O=C(Nc1cccc(Cl)c1)c1cc2n(n1)C(C(F)(F)F)CC(c1ccc3c(c1)OCO3)N2. The van der Waals surface area contributed by atoms with E-state index >= 15 is 0 Å². The van der Waals surface area contributed by atoms with Crippen LogP contribution in [0.3, 0.4) is 0 Å². The molecule has 0 bridgehead atoms. The Morgan fingerprint density at radius 1 is 1.16 bits per heavy atom. The molecular formula is C21H16ClF3N4O3. The molecule has 0 fully saturated rings. The molecule has 2 unspecified atom stereocenters. The molecule has 0 aliphatic carbocycles. The number of anilines is 2. The molecule has 32 heavy (non-hydrogen) atoms. The van der Waals surface area contributed by atoms with Gasteiger partial charge in [0.25, 0.3) is 5.91 Å². The minimum atomic E-state index is -4.56. The summed E-state index contributed by atoms with van der Waals surface area (Å²) in [5.74, 6) is 0.476. The van der Waals surface area contributed by atoms with Gasteiger partial charge in [0, 0.05) is 23.2 Å². The average Bonchev–Trinajstić information content (AvgIpc) is 3.38. The van der Waals surface area contributed by atoms with Crippen LogP contribution in [0.1, 0.15) is 34.6 Å². The quantitative estimate of drug-likeness (QED) is 0.558. The fourth-order valence-electron chi connectivity index (χ4n) is 3.79. The Balaban J connectivity index is 1.45. The molecule has 5 rings (SSSR count). The number of carbonyl (C=O) groups excluding carboxylic acids is 1. The van der Waals surface area contributed by atoms with Crippen LogP contribution in [0, 0.1) is 0 Å². The number of halogens is 4. The Kier molecular flexibility index (Phi) is 4.89. The van der Waals surface area contributed by atoms with Gasteiger partial charge < -0.3 is 20.1 Å². The zero-order valence-electron chi connectivity index (χ0n) is 16.3. The number of hydrogen-bond donors (Lipinski definition) is 2. The van der Waals surface area contributed by atoms with Gasteiger partial charge >= 0.3 is 6.18 Å². The molecule has 2 N–H and O–H groups in total. The number of amides is 1. The maximum absolute atomic E-state index is 13.9. The maximum Gasteiger partial charge on any atom is 0.410 e. The number of aromatic nitrogens is 2. The lowest BCUT2D eigenvalue weighted by Gasteiger charge is -2.33. The fourth-order valence-corrected chi connectivity index (χ4v) is 3.98. The molecular weight excluding hydrogens is 449 g/mol. The van der Waals surface area contributed by atoms with Crippen LogP contribution >= 0.6 is 11.6 Å². The summed E-state index contributed by atoms with van der Waals surface area (Å²) < 4.78 is 53.1. The van der Waals surface area contributed by atoms with E-state index in [1.807, 2.05) is 0 Å². The van der Waals surface area contributed by atoms with Crippen LogP contribution in [0.5, 0.6) is 11.5 Å². The van der Waals surface area contributed by atoms with Crippen LogP contribution in [0.2, 0.25) is 5.02 Å². The maximum atomic E-state index is 13.9. The zero-order chi connectivity index (χ0) is 22.5. The summed E-state index contributed by atoms with van der Waals surface area (Å²) in [6, 6.07) is 10.2. The van der Waals surface area contributed by atoms with E-state index < -0.39 is 24.2 Å². The molecule has 3 aromatic rings. The summed E-state index contributed by atoms with van der Waals surface area (Å²) in [6.07, 6.45) is -4.86. The molecule has 3 heterocycles. The Labute approximate surface area is 185 Å². The van der Waals surface area contributed by atoms with Crippen LogP contribution in [-0.2, 0) is 0 Å². The van der Waals surface area contributed by atoms with E-state index in [1.54, 1.807) is 36.4 Å². The first-order chi connectivity index (χ1) is 15.3. The largest absolute Gasteiger partial charge is 0.454 e. The molecule has 0 saturated carbocycles. The highest BCUT2D eigenvalue weighted by atomic mass is 35.5. The van der Waals surface area contributed by atoms with Crippen LogP contribution in [0.25, 0.3) is 0 Å². The van der Waals surface area contributed by atoms with Crippen LogP contribution in [0.15, 0.2) is 48.5 Å². The third kappa shape index (κ3) is 3.81. The van der Waals surface area contributed by atoms with E-state index in [4.69, 9.17) is 21.1 Å². The van der Waals surface area contributed by atoms with Crippen molar-refractivity contribution in [3.63, 3.8) is 0 Å². The van der Waals surface area contributed by atoms with Gasteiger partial charge in [-0.1, -0.05) is 23.7 Å². The number of hydrogen-bond acceptors (Lipinski definition) is 5. The number of fused-ring (bicyclic) bond motifs is 2. The van der Waals surface area contributed by atoms with Gasteiger partial charge in [-0.3, -0.25) is 4.79 Å². The molecule has 1 amide bonds. The highest BCUT2D eigenvalue weighted by Gasteiger charge is 2.47. The van der Waals surface area contributed by atoms with Crippen molar-refractivity contribution < 1.29 is 27.4 Å². The van der Waals surface area contributed by atoms with Crippen molar-refractivity contribution in [3.8, 4) is 11.5 Å². The number of rotatable bonds is 3. The van der Waals surface area contributed by atoms with Crippen molar-refractivity contribution >= 4 is 29.0 Å². The lowest BCUT2D eigenvalue weighted by molar-refractivity contribution is -0.173. The van der Waals surface area contributed by atoms with Crippen molar-refractivity contribution in [2.24, 2.45) is 0 Å². The molecule has 2 atom stereocenters. The second-order valence-corrected chi connectivity index (χ2v) is 7.86. The predicted molar refractivity (Wildman–Crippen MR) is 110 cm³/mol. The van der Waals surface area contributed by atoms with Gasteiger partial charge in [-0.05, 0) is 35.9 Å². The average molecular weight is 465 g/mol. The third-order valence-electron chi connectivity index (χ3n) is 5.30. The molecule has 7 nitrogen and oxygen atoms in total. The molecule has 0 saturated heterocycles. The van der Waals surface area contributed by atoms with Gasteiger partial charge in [0.15, 0.2) is 23.2 Å². The van der Waals surface area contributed by atoms with Crippen LogP contribution in [-0.4, -0.2) is 28.7 Å².